The number of rotatable bonds is 1. The average Bonchev–Trinajstić information content (AvgIpc) is 2.13. The van der Waals surface area contributed by atoms with Crippen molar-refractivity contribution >= 4 is 0 Å². The highest BCUT2D eigenvalue weighted by Crippen LogP contribution is 2.05. The van der Waals surface area contributed by atoms with Crippen molar-refractivity contribution in [3.8, 4) is 0 Å². The van der Waals surface area contributed by atoms with Crippen LogP contribution in [0.25, 0.3) is 0 Å². The fraction of sp³-hybridized carbons (Fsp3) is 0.545. The van der Waals surface area contributed by atoms with E-state index in [4.69, 9.17) is 0 Å². The molecule has 0 bridgehead atoms. The minimum atomic E-state index is 1.04. The Morgan fingerprint density at radius 1 is 1.17 bits per heavy atom. The summed E-state index contributed by atoms with van der Waals surface area (Å²) in [5, 5.41) is 0. The molecule has 1 heterocycles. The maximum absolute atomic E-state index is 4.39. The molecule has 0 saturated carbocycles. The van der Waals surface area contributed by atoms with Crippen LogP contribution in [0.4, 0.5) is 0 Å². The molecule has 0 aliphatic carbocycles. The van der Waals surface area contributed by atoms with Crippen molar-refractivity contribution in [2.45, 2.75) is 41.0 Å². The van der Waals surface area contributed by atoms with Crippen LogP contribution in [-0.2, 0) is 6.42 Å². The molecule has 1 nitrogen and oxygen atoms in total. The lowest BCUT2D eigenvalue weighted by Crippen LogP contribution is -1.92. The largest absolute Gasteiger partial charge is 0.258 e. The van der Waals surface area contributed by atoms with Crippen LogP contribution in [0.15, 0.2) is 12.1 Å². The first-order chi connectivity index (χ1) is 5.74. The second-order valence-corrected chi connectivity index (χ2v) is 2.57. The molecule has 0 radical (unpaired) electrons. The number of hydrogen-bond donors (Lipinski definition) is 0. The van der Waals surface area contributed by atoms with Crippen molar-refractivity contribution in [2.75, 3.05) is 0 Å². The molecular formula is C11H19N. The Balaban J connectivity index is 0.000000561. The maximum atomic E-state index is 4.39. The fourth-order valence-electron chi connectivity index (χ4n) is 1.04. The second-order valence-electron chi connectivity index (χ2n) is 2.57. The third-order valence-electron chi connectivity index (χ3n) is 1.68. The predicted molar refractivity (Wildman–Crippen MR) is 54.4 cm³/mol. The van der Waals surface area contributed by atoms with Crippen LogP contribution in [0.1, 0.15) is 37.7 Å². The van der Waals surface area contributed by atoms with Gasteiger partial charge in [-0.25, -0.2) is 0 Å². The highest BCUT2D eigenvalue weighted by molar-refractivity contribution is 5.20. The van der Waals surface area contributed by atoms with Gasteiger partial charge in [0, 0.05) is 11.4 Å². The molecule has 0 aliphatic rings. The van der Waals surface area contributed by atoms with Crippen LogP contribution in [0.2, 0.25) is 0 Å². The van der Waals surface area contributed by atoms with E-state index >= 15 is 0 Å². The number of aromatic nitrogens is 1. The highest BCUT2D eigenvalue weighted by atomic mass is 14.7. The standard InChI is InChI=1S/C9H13N.C2H6/c1-4-9-7(2)5-6-8(3)10-9;1-2/h5-6H,4H2,1-3H3;1-2H3. The summed E-state index contributed by atoms with van der Waals surface area (Å²) in [5.41, 5.74) is 3.63. The van der Waals surface area contributed by atoms with Crippen LogP contribution in [-0.4, -0.2) is 4.98 Å². The summed E-state index contributed by atoms with van der Waals surface area (Å²) in [6.07, 6.45) is 1.04. The van der Waals surface area contributed by atoms with Gasteiger partial charge < -0.3 is 0 Å². The van der Waals surface area contributed by atoms with Gasteiger partial charge >= 0.3 is 0 Å². The number of pyridine rings is 1. The molecule has 1 aromatic rings. The number of nitrogens with zero attached hydrogens (tertiary/aromatic N) is 1. The van der Waals surface area contributed by atoms with Gasteiger partial charge in [-0.15, -0.1) is 0 Å². The van der Waals surface area contributed by atoms with E-state index in [0.29, 0.717) is 0 Å². The van der Waals surface area contributed by atoms with Crippen molar-refractivity contribution < 1.29 is 0 Å². The van der Waals surface area contributed by atoms with Crippen LogP contribution in [0, 0.1) is 13.8 Å². The summed E-state index contributed by atoms with van der Waals surface area (Å²) in [7, 11) is 0. The molecule has 0 atom stereocenters. The third-order valence-corrected chi connectivity index (χ3v) is 1.68. The normalized spacial score (nSPS) is 8.75. The van der Waals surface area contributed by atoms with Gasteiger partial charge in [0.1, 0.15) is 0 Å². The Morgan fingerprint density at radius 3 is 2.17 bits per heavy atom. The molecule has 0 fully saturated rings. The van der Waals surface area contributed by atoms with Crippen molar-refractivity contribution in [3.63, 3.8) is 0 Å². The van der Waals surface area contributed by atoms with Crippen LogP contribution < -0.4 is 0 Å². The topological polar surface area (TPSA) is 12.9 Å². The zero-order valence-electron chi connectivity index (χ0n) is 8.81. The molecule has 1 rings (SSSR count). The molecule has 0 N–H and O–H groups in total. The maximum Gasteiger partial charge on any atom is 0.0433 e. The van der Waals surface area contributed by atoms with Crippen molar-refractivity contribution in [1.82, 2.24) is 4.98 Å². The lowest BCUT2D eigenvalue weighted by molar-refractivity contribution is 0.982. The lowest BCUT2D eigenvalue weighted by Gasteiger charge is -2.01. The van der Waals surface area contributed by atoms with E-state index in [1.165, 1.54) is 11.3 Å². The van der Waals surface area contributed by atoms with Crippen LogP contribution >= 0.6 is 0 Å². The Labute approximate surface area is 75.8 Å². The first-order valence-corrected chi connectivity index (χ1v) is 4.67. The predicted octanol–water partition coefficient (Wildman–Crippen LogP) is 3.29. The van der Waals surface area contributed by atoms with Gasteiger partial charge in [-0.2, -0.15) is 0 Å². The zero-order valence-corrected chi connectivity index (χ0v) is 8.81. The Kier molecular flexibility index (Phi) is 5.35. The number of hydrogen-bond acceptors (Lipinski definition) is 1. The molecule has 0 amide bonds. The van der Waals surface area contributed by atoms with Gasteiger partial charge in [-0.05, 0) is 31.9 Å². The summed E-state index contributed by atoms with van der Waals surface area (Å²) >= 11 is 0. The average molecular weight is 165 g/mol. The second kappa shape index (κ2) is 5.76. The Bertz CT molecular complexity index is 228. The van der Waals surface area contributed by atoms with Crippen molar-refractivity contribution in [3.05, 3.63) is 29.1 Å². The van der Waals surface area contributed by atoms with E-state index in [2.05, 4.69) is 31.0 Å². The minimum Gasteiger partial charge on any atom is -0.258 e. The van der Waals surface area contributed by atoms with Crippen LogP contribution in [0.5, 0.6) is 0 Å². The first-order valence-electron chi connectivity index (χ1n) is 4.67. The molecule has 12 heavy (non-hydrogen) atoms. The SMILES string of the molecule is CC.CCc1nc(C)ccc1C. The van der Waals surface area contributed by atoms with E-state index < -0.39 is 0 Å². The summed E-state index contributed by atoms with van der Waals surface area (Å²) in [6.45, 7) is 10.3. The summed E-state index contributed by atoms with van der Waals surface area (Å²) in [5.74, 6) is 0. The molecule has 68 valence electrons. The van der Waals surface area contributed by atoms with Crippen molar-refractivity contribution in [2.24, 2.45) is 0 Å². The molecular weight excluding hydrogens is 146 g/mol. The van der Waals surface area contributed by atoms with Gasteiger partial charge in [0.15, 0.2) is 0 Å². The molecule has 0 spiro atoms. The fourth-order valence-corrected chi connectivity index (χ4v) is 1.04. The lowest BCUT2D eigenvalue weighted by atomic mass is 10.1. The molecule has 0 aromatic carbocycles. The Hall–Kier alpha value is -0.850. The van der Waals surface area contributed by atoms with Gasteiger partial charge in [0.25, 0.3) is 0 Å². The van der Waals surface area contributed by atoms with Crippen LogP contribution in [0.3, 0.4) is 0 Å². The van der Waals surface area contributed by atoms with E-state index in [1.54, 1.807) is 0 Å². The summed E-state index contributed by atoms with van der Waals surface area (Å²) in [6, 6.07) is 4.18. The van der Waals surface area contributed by atoms with Gasteiger partial charge in [0.05, 0.1) is 0 Å². The summed E-state index contributed by atoms with van der Waals surface area (Å²) < 4.78 is 0. The zero-order chi connectivity index (χ0) is 9.56. The monoisotopic (exact) mass is 165 g/mol. The molecule has 0 unspecified atom stereocenters. The van der Waals surface area contributed by atoms with Gasteiger partial charge in [-0.1, -0.05) is 26.8 Å². The van der Waals surface area contributed by atoms with E-state index in [1.807, 2.05) is 20.8 Å². The molecule has 0 aliphatic heterocycles. The van der Waals surface area contributed by atoms with E-state index in [0.717, 1.165) is 12.1 Å². The smallest absolute Gasteiger partial charge is 0.0433 e. The minimum absolute atomic E-state index is 1.04. The van der Waals surface area contributed by atoms with Gasteiger partial charge in [0.2, 0.25) is 0 Å². The molecule has 1 heteroatoms. The van der Waals surface area contributed by atoms with Crippen molar-refractivity contribution in [1.29, 1.82) is 0 Å². The van der Waals surface area contributed by atoms with E-state index in [-0.39, 0.29) is 0 Å². The highest BCUT2D eigenvalue weighted by Gasteiger charge is 1.95. The molecule has 1 aromatic heterocycles. The first kappa shape index (κ1) is 11.2. The number of aryl methyl sites for hydroxylation is 3. The van der Waals surface area contributed by atoms with Gasteiger partial charge in [-0.3, -0.25) is 4.98 Å². The Morgan fingerprint density at radius 2 is 1.75 bits per heavy atom. The summed E-state index contributed by atoms with van der Waals surface area (Å²) in [4.78, 5) is 4.39. The van der Waals surface area contributed by atoms with E-state index in [9.17, 15) is 0 Å². The molecule has 0 saturated heterocycles. The quantitative estimate of drug-likeness (QED) is 0.622. The third kappa shape index (κ3) is 3.04.